The lowest BCUT2D eigenvalue weighted by molar-refractivity contribution is -0.139. The topological polar surface area (TPSA) is 124 Å². The zero-order valence-corrected chi connectivity index (χ0v) is 27.3. The molecule has 246 valence electrons. The molecule has 10 nitrogen and oxygen atoms in total. The first-order valence-electron chi connectivity index (χ1n) is 15.4. The number of amidine groups is 1. The van der Waals surface area contributed by atoms with E-state index in [1.54, 1.807) is 57.5 Å². The fourth-order valence-corrected chi connectivity index (χ4v) is 7.24. The number of thiazole rings is 1. The summed E-state index contributed by atoms with van der Waals surface area (Å²) in [4.78, 5) is 51.5. The quantitative estimate of drug-likeness (QED) is 0.327. The van der Waals surface area contributed by atoms with E-state index in [9.17, 15) is 23.9 Å². The lowest BCUT2D eigenvalue weighted by Gasteiger charge is -2.38. The number of hydrogen-bond donors (Lipinski definition) is 2. The Hall–Kier alpha value is -4.49. The number of piperidine rings is 1. The minimum Gasteiger partial charge on any atom is -0.478 e. The van der Waals surface area contributed by atoms with Crippen LogP contribution in [0.4, 0.5) is 14.5 Å². The van der Waals surface area contributed by atoms with Crippen LogP contribution in [0.15, 0.2) is 58.2 Å². The predicted octanol–water partition coefficient (Wildman–Crippen LogP) is 4.89. The van der Waals surface area contributed by atoms with Gasteiger partial charge in [0.15, 0.2) is 16.5 Å². The normalized spacial score (nSPS) is 23.0. The number of halogens is 2. The number of hydrogen-bond acceptors (Lipinski definition) is 9. The van der Waals surface area contributed by atoms with E-state index in [2.05, 4.69) is 10.3 Å². The van der Waals surface area contributed by atoms with Crippen molar-refractivity contribution in [2.24, 2.45) is 10.9 Å². The summed E-state index contributed by atoms with van der Waals surface area (Å²) in [7, 11) is 0. The molecule has 47 heavy (non-hydrogen) atoms. The Kier molecular flexibility index (Phi) is 8.70. The highest BCUT2D eigenvalue weighted by Gasteiger charge is 2.57. The number of ether oxygens (including phenoxy) is 1. The molecule has 3 aromatic rings. The lowest BCUT2D eigenvalue weighted by Crippen LogP contribution is -2.52. The van der Waals surface area contributed by atoms with Gasteiger partial charge in [0.1, 0.15) is 11.9 Å². The molecule has 1 aromatic heterocycles. The number of likely N-dealkylation sites (tertiary alicyclic amines) is 1. The lowest BCUT2D eigenvalue weighted by atomic mass is 9.84. The Bertz CT molecular complexity index is 1830. The number of aliphatic imine (C=N–C) groups is 1. The van der Waals surface area contributed by atoms with E-state index in [4.69, 9.17) is 9.73 Å². The molecule has 0 bridgehead atoms. The molecule has 3 atom stereocenters. The summed E-state index contributed by atoms with van der Waals surface area (Å²) in [6, 6.07) is 6.91. The van der Waals surface area contributed by atoms with Crippen molar-refractivity contribution >= 4 is 40.7 Å². The Morgan fingerprint density at radius 1 is 1.19 bits per heavy atom. The number of esters is 1. The number of carbonyl (C=O) groups excluding carboxylic acids is 2. The van der Waals surface area contributed by atoms with Crippen molar-refractivity contribution < 1.29 is 33.0 Å². The molecule has 0 saturated carbocycles. The highest BCUT2D eigenvalue weighted by Crippen LogP contribution is 2.43. The average molecular weight is 664 g/mol. The minimum absolute atomic E-state index is 0.0693. The number of aromatic carboxylic acids is 1. The molecule has 2 saturated heterocycles. The number of nitrogens with one attached hydrogen (secondary N) is 1. The molecule has 1 amide bonds. The summed E-state index contributed by atoms with van der Waals surface area (Å²) in [5.41, 5.74) is 1.14. The Morgan fingerprint density at radius 2 is 1.98 bits per heavy atom. The fraction of sp³-hybridized carbons (Fsp3) is 0.382. The molecular formula is C34H35F2N5O5S. The van der Waals surface area contributed by atoms with Gasteiger partial charge in [-0.25, -0.2) is 23.4 Å². The van der Waals surface area contributed by atoms with E-state index in [1.165, 1.54) is 28.4 Å². The number of carboxylic acid groups (broad SMARTS) is 1. The monoisotopic (exact) mass is 663 g/mol. The van der Waals surface area contributed by atoms with E-state index < -0.39 is 41.3 Å². The van der Waals surface area contributed by atoms with Crippen LogP contribution in [0.2, 0.25) is 0 Å². The van der Waals surface area contributed by atoms with E-state index in [0.717, 1.165) is 0 Å². The minimum atomic E-state index is -2.12. The van der Waals surface area contributed by atoms with Crippen molar-refractivity contribution in [3.05, 3.63) is 91.8 Å². The Morgan fingerprint density at radius 3 is 2.68 bits per heavy atom. The number of amides is 1. The fourth-order valence-electron chi connectivity index (χ4n) is 6.66. The van der Waals surface area contributed by atoms with Gasteiger partial charge in [-0.2, -0.15) is 0 Å². The van der Waals surface area contributed by atoms with E-state index in [-0.39, 0.29) is 50.3 Å². The second kappa shape index (κ2) is 12.6. The molecule has 0 spiro atoms. The van der Waals surface area contributed by atoms with Gasteiger partial charge in [0.25, 0.3) is 5.91 Å². The second-order valence-corrected chi connectivity index (χ2v) is 13.0. The first-order chi connectivity index (χ1) is 22.4. The summed E-state index contributed by atoms with van der Waals surface area (Å²) >= 11 is 1.36. The average Bonchev–Trinajstić information content (AvgIpc) is 3.66. The van der Waals surface area contributed by atoms with Crippen molar-refractivity contribution in [3.63, 3.8) is 0 Å². The van der Waals surface area contributed by atoms with Gasteiger partial charge in [-0.15, -0.1) is 11.3 Å². The third-order valence-corrected chi connectivity index (χ3v) is 10.1. The van der Waals surface area contributed by atoms with Gasteiger partial charge in [0.05, 0.1) is 17.7 Å². The highest BCUT2D eigenvalue weighted by molar-refractivity contribution is 7.11. The summed E-state index contributed by atoms with van der Waals surface area (Å²) in [6.07, 6.45) is 1.56. The molecule has 3 aliphatic heterocycles. The number of nitrogens with zero attached hydrogens (tertiary/aromatic N) is 4. The first kappa shape index (κ1) is 32.5. The Balaban J connectivity index is 1.34. The van der Waals surface area contributed by atoms with Crippen LogP contribution in [0.1, 0.15) is 57.0 Å². The summed E-state index contributed by atoms with van der Waals surface area (Å²) < 4.78 is 36.8. The van der Waals surface area contributed by atoms with Crippen LogP contribution in [0.3, 0.4) is 0 Å². The zero-order chi connectivity index (χ0) is 33.6. The second-order valence-electron chi connectivity index (χ2n) is 12.1. The van der Waals surface area contributed by atoms with Crippen molar-refractivity contribution in [1.29, 1.82) is 0 Å². The molecule has 4 heterocycles. The smallest absolute Gasteiger partial charge is 0.338 e. The van der Waals surface area contributed by atoms with Crippen molar-refractivity contribution in [1.82, 2.24) is 15.2 Å². The van der Waals surface area contributed by atoms with Crippen LogP contribution in [0.25, 0.3) is 0 Å². The van der Waals surface area contributed by atoms with Gasteiger partial charge in [-0.1, -0.05) is 12.1 Å². The van der Waals surface area contributed by atoms with Crippen LogP contribution in [0.5, 0.6) is 0 Å². The maximum Gasteiger partial charge on any atom is 0.338 e. The van der Waals surface area contributed by atoms with Crippen LogP contribution in [-0.2, 0) is 14.3 Å². The number of carboxylic acids is 1. The van der Waals surface area contributed by atoms with Gasteiger partial charge < -0.3 is 20.1 Å². The van der Waals surface area contributed by atoms with Gasteiger partial charge in [0.2, 0.25) is 0 Å². The van der Waals surface area contributed by atoms with Gasteiger partial charge in [-0.05, 0) is 68.1 Å². The zero-order valence-electron chi connectivity index (χ0n) is 26.5. The van der Waals surface area contributed by atoms with Crippen LogP contribution < -0.4 is 10.2 Å². The highest BCUT2D eigenvalue weighted by atomic mass is 32.1. The number of aryl methyl sites for hydroxylation is 1. The van der Waals surface area contributed by atoms with E-state index in [0.29, 0.717) is 44.5 Å². The van der Waals surface area contributed by atoms with Gasteiger partial charge in [-0.3, -0.25) is 14.7 Å². The standard InChI is InChI=1S/C34H35F2N5O5S/c1-5-46-32(44)27-26(38-29(30-37-10-12-47-30)39-28(27)23-7-6-8-25(35)20(23)4)17-40-11-9-34(36)21(15-40)16-41(33(34)45)22-13-18(2)19(3)24(14-22)31(42)43/h6-8,10,12-14,21,28H,5,9,11,15-17H2,1-4H3,(H,38,39)(H,42,43)/t21-,28-,34+/m0/s1. The number of fused-ring (bicyclic) bond motifs is 1. The molecule has 0 aliphatic carbocycles. The number of carbonyl (C=O) groups is 3. The number of rotatable bonds is 8. The number of alkyl halides is 1. The molecule has 6 rings (SSSR count). The largest absolute Gasteiger partial charge is 0.478 e. The summed E-state index contributed by atoms with van der Waals surface area (Å²) in [6.45, 7) is 7.58. The van der Waals surface area contributed by atoms with Gasteiger partial charge >= 0.3 is 11.9 Å². The molecule has 13 heteroatoms. The molecule has 2 fully saturated rings. The van der Waals surface area contributed by atoms with Crippen molar-refractivity contribution in [3.8, 4) is 0 Å². The molecule has 0 unspecified atom stereocenters. The van der Waals surface area contributed by atoms with E-state index in [1.807, 2.05) is 4.90 Å². The predicted molar refractivity (Wildman–Crippen MR) is 173 cm³/mol. The number of anilines is 1. The third kappa shape index (κ3) is 5.82. The molecule has 2 aromatic carbocycles. The van der Waals surface area contributed by atoms with E-state index >= 15 is 4.39 Å². The molecule has 2 N–H and O–H groups in total. The molecule has 3 aliphatic rings. The third-order valence-electron chi connectivity index (χ3n) is 9.36. The van der Waals surface area contributed by atoms with Crippen LogP contribution in [-0.4, -0.2) is 77.1 Å². The maximum absolute atomic E-state index is 16.5. The first-order valence-corrected chi connectivity index (χ1v) is 16.3. The maximum atomic E-state index is 16.5. The number of aromatic nitrogens is 1. The summed E-state index contributed by atoms with van der Waals surface area (Å²) in [5.74, 6) is -3.11. The van der Waals surface area contributed by atoms with Crippen molar-refractivity contribution in [2.45, 2.75) is 45.8 Å². The number of benzene rings is 2. The Labute approximate surface area is 274 Å². The van der Waals surface area contributed by atoms with Gasteiger partial charge in [0, 0.05) is 61.5 Å². The molecule has 0 radical (unpaired) electrons. The molecular weight excluding hydrogens is 628 g/mol. The SMILES string of the molecule is CCOC(=O)C1=C(CN2CC[C@]3(F)C(=O)N(c4cc(C)c(C)c(C(=O)O)c4)C[C@@H]3C2)NC(c2nccs2)=N[C@H]1c1cccc(F)c1C. The van der Waals surface area contributed by atoms with Crippen LogP contribution in [0, 0.1) is 32.5 Å². The van der Waals surface area contributed by atoms with Crippen molar-refractivity contribution in [2.75, 3.05) is 37.7 Å². The summed E-state index contributed by atoms with van der Waals surface area (Å²) in [5, 5.41) is 15.4. The van der Waals surface area contributed by atoms with Crippen LogP contribution >= 0.6 is 11.3 Å².